The van der Waals surface area contributed by atoms with Crippen LogP contribution in [0.15, 0.2) is 54.6 Å². The van der Waals surface area contributed by atoms with Gasteiger partial charge in [-0.1, -0.05) is 48.5 Å². The molecule has 132 valence electrons. The molecule has 3 nitrogen and oxygen atoms in total. The smallest absolute Gasteiger partial charge is 0.405 e. The van der Waals surface area contributed by atoms with E-state index < -0.39 is 6.36 Å². The molecule has 1 saturated heterocycles. The van der Waals surface area contributed by atoms with Crippen LogP contribution in [0.3, 0.4) is 0 Å². The van der Waals surface area contributed by atoms with Gasteiger partial charge < -0.3 is 14.8 Å². The number of alkyl halides is 3. The van der Waals surface area contributed by atoms with Crippen LogP contribution in [0.25, 0.3) is 11.6 Å². The molecule has 1 aliphatic rings. The van der Waals surface area contributed by atoms with Crippen molar-refractivity contribution < 1.29 is 22.6 Å². The van der Waals surface area contributed by atoms with E-state index in [0.29, 0.717) is 18.7 Å². The summed E-state index contributed by atoms with van der Waals surface area (Å²) >= 11 is 0. The van der Waals surface area contributed by atoms with E-state index >= 15 is 0 Å². The van der Waals surface area contributed by atoms with Gasteiger partial charge in [0.25, 0.3) is 0 Å². The number of nitrogens with one attached hydrogen (secondary N) is 1. The van der Waals surface area contributed by atoms with Crippen LogP contribution in [0.4, 0.5) is 13.2 Å². The van der Waals surface area contributed by atoms with Crippen molar-refractivity contribution in [3.63, 3.8) is 0 Å². The monoisotopic (exact) mass is 349 g/mol. The van der Waals surface area contributed by atoms with Gasteiger partial charge in [-0.2, -0.15) is 0 Å². The minimum absolute atomic E-state index is 0.229. The van der Waals surface area contributed by atoms with E-state index in [-0.39, 0.29) is 11.9 Å². The zero-order chi connectivity index (χ0) is 17.7. The third kappa shape index (κ3) is 4.84. The van der Waals surface area contributed by atoms with Crippen molar-refractivity contribution in [1.82, 2.24) is 5.32 Å². The Bertz CT molecular complexity index is 723. The Kier molecular flexibility index (Phi) is 5.40. The van der Waals surface area contributed by atoms with Crippen molar-refractivity contribution in [1.29, 1.82) is 0 Å². The van der Waals surface area contributed by atoms with Gasteiger partial charge in [-0.25, -0.2) is 0 Å². The lowest BCUT2D eigenvalue weighted by Gasteiger charge is -2.26. The standard InChI is InChI=1S/C19H18F3NO2/c20-19(21,22)25-17-9-5-4-8-15(17)12-16(14-6-2-1-3-7-14)18-13-23-10-11-24-18/h1-9,12,18,23H,10-11,13H2/b16-12-/t18-/m1/s1. The SMILES string of the molecule is FC(F)(F)Oc1ccccc1/C=C(/c1ccccc1)[C@H]1CNCCO1. The fourth-order valence-electron chi connectivity index (χ4n) is 2.74. The second-order valence-corrected chi connectivity index (χ2v) is 5.61. The highest BCUT2D eigenvalue weighted by Crippen LogP contribution is 2.31. The molecule has 0 bridgehead atoms. The maximum absolute atomic E-state index is 12.7. The summed E-state index contributed by atoms with van der Waals surface area (Å²) in [6.45, 7) is 1.91. The molecule has 2 aromatic rings. The van der Waals surface area contributed by atoms with Crippen molar-refractivity contribution in [3.8, 4) is 5.75 Å². The van der Waals surface area contributed by atoms with E-state index in [0.717, 1.165) is 17.7 Å². The first-order valence-electron chi connectivity index (χ1n) is 7.97. The molecular formula is C19H18F3NO2. The van der Waals surface area contributed by atoms with Gasteiger partial charge in [-0.3, -0.25) is 0 Å². The molecule has 0 aliphatic carbocycles. The third-order valence-electron chi connectivity index (χ3n) is 3.84. The molecule has 0 unspecified atom stereocenters. The minimum Gasteiger partial charge on any atom is -0.405 e. The van der Waals surface area contributed by atoms with E-state index in [4.69, 9.17) is 4.74 Å². The summed E-state index contributed by atoms with van der Waals surface area (Å²) in [4.78, 5) is 0. The summed E-state index contributed by atoms with van der Waals surface area (Å²) < 4.78 is 47.9. The van der Waals surface area contributed by atoms with Crippen LogP contribution in [0.2, 0.25) is 0 Å². The van der Waals surface area contributed by atoms with E-state index in [9.17, 15) is 13.2 Å². The van der Waals surface area contributed by atoms with Gasteiger partial charge in [0.05, 0.1) is 12.7 Å². The maximum atomic E-state index is 12.7. The first-order chi connectivity index (χ1) is 12.0. The molecule has 0 aromatic heterocycles. The highest BCUT2D eigenvalue weighted by Gasteiger charge is 2.32. The molecule has 0 saturated carbocycles. The van der Waals surface area contributed by atoms with Crippen molar-refractivity contribution in [2.45, 2.75) is 12.5 Å². The molecular weight excluding hydrogens is 331 g/mol. The summed E-state index contributed by atoms with van der Waals surface area (Å²) in [6.07, 6.45) is -3.27. The van der Waals surface area contributed by atoms with Crippen molar-refractivity contribution >= 4 is 11.6 Å². The fourth-order valence-corrected chi connectivity index (χ4v) is 2.74. The highest BCUT2D eigenvalue weighted by atomic mass is 19.4. The Labute approximate surface area is 144 Å². The Hall–Kier alpha value is -2.31. The molecule has 2 aromatic carbocycles. The molecule has 1 N–H and O–H groups in total. The second kappa shape index (κ2) is 7.72. The number of rotatable bonds is 4. The van der Waals surface area contributed by atoms with Gasteiger partial charge in [0.2, 0.25) is 0 Å². The van der Waals surface area contributed by atoms with Gasteiger partial charge in [0.1, 0.15) is 5.75 Å². The average molecular weight is 349 g/mol. The highest BCUT2D eigenvalue weighted by molar-refractivity contribution is 5.85. The number of halogens is 3. The van der Waals surface area contributed by atoms with Crippen LogP contribution in [0, 0.1) is 0 Å². The Morgan fingerprint density at radius 2 is 1.80 bits per heavy atom. The number of hydrogen-bond donors (Lipinski definition) is 1. The average Bonchev–Trinajstić information content (AvgIpc) is 2.61. The van der Waals surface area contributed by atoms with Crippen molar-refractivity contribution in [3.05, 3.63) is 65.7 Å². The predicted molar refractivity (Wildman–Crippen MR) is 90.0 cm³/mol. The lowest BCUT2D eigenvalue weighted by molar-refractivity contribution is -0.274. The third-order valence-corrected chi connectivity index (χ3v) is 3.84. The molecule has 1 aliphatic heterocycles. The molecule has 6 heteroatoms. The number of benzene rings is 2. The summed E-state index contributed by atoms with van der Waals surface area (Å²) in [6, 6.07) is 15.6. The van der Waals surface area contributed by atoms with E-state index in [1.807, 2.05) is 30.3 Å². The first kappa shape index (κ1) is 17.5. The molecule has 1 atom stereocenters. The fraction of sp³-hybridized carbons (Fsp3) is 0.263. The molecule has 1 heterocycles. The zero-order valence-electron chi connectivity index (χ0n) is 13.4. The topological polar surface area (TPSA) is 30.5 Å². The predicted octanol–water partition coefficient (Wildman–Crippen LogP) is 4.11. The first-order valence-corrected chi connectivity index (χ1v) is 7.97. The Morgan fingerprint density at radius 1 is 1.08 bits per heavy atom. The minimum atomic E-state index is -4.74. The van der Waals surface area contributed by atoms with E-state index in [1.54, 1.807) is 18.2 Å². The normalized spacial score (nSPS) is 18.8. The number of hydrogen-bond acceptors (Lipinski definition) is 3. The van der Waals surface area contributed by atoms with Gasteiger partial charge >= 0.3 is 6.36 Å². The quantitative estimate of drug-likeness (QED) is 0.843. The molecule has 1 fully saturated rings. The Balaban J connectivity index is 2.01. The largest absolute Gasteiger partial charge is 0.573 e. The van der Waals surface area contributed by atoms with Crippen LogP contribution in [-0.4, -0.2) is 32.2 Å². The van der Waals surface area contributed by atoms with E-state index in [2.05, 4.69) is 10.1 Å². The van der Waals surface area contributed by atoms with Crippen LogP contribution in [-0.2, 0) is 4.74 Å². The van der Waals surface area contributed by atoms with Crippen molar-refractivity contribution in [2.75, 3.05) is 19.7 Å². The van der Waals surface area contributed by atoms with Gasteiger partial charge in [0.15, 0.2) is 0 Å². The van der Waals surface area contributed by atoms with E-state index in [1.165, 1.54) is 12.1 Å². The lowest BCUT2D eigenvalue weighted by atomic mass is 9.96. The van der Waals surface area contributed by atoms with Crippen LogP contribution in [0.5, 0.6) is 5.75 Å². The summed E-state index contributed by atoms with van der Waals surface area (Å²) in [7, 11) is 0. The molecule has 25 heavy (non-hydrogen) atoms. The summed E-state index contributed by atoms with van der Waals surface area (Å²) in [5.41, 5.74) is 2.07. The zero-order valence-corrected chi connectivity index (χ0v) is 13.4. The summed E-state index contributed by atoms with van der Waals surface area (Å²) in [5, 5.41) is 3.25. The van der Waals surface area contributed by atoms with Crippen molar-refractivity contribution in [2.24, 2.45) is 0 Å². The number of ether oxygens (including phenoxy) is 2. The van der Waals surface area contributed by atoms with Crippen LogP contribution < -0.4 is 10.1 Å². The van der Waals surface area contributed by atoms with Gasteiger partial charge in [0, 0.05) is 18.7 Å². The van der Waals surface area contributed by atoms with Gasteiger partial charge in [-0.05, 0) is 23.3 Å². The number of morpholine rings is 1. The molecule has 0 spiro atoms. The second-order valence-electron chi connectivity index (χ2n) is 5.61. The van der Waals surface area contributed by atoms with Gasteiger partial charge in [-0.15, -0.1) is 13.2 Å². The number of para-hydroxylation sites is 1. The molecule has 3 rings (SSSR count). The Morgan fingerprint density at radius 3 is 2.48 bits per heavy atom. The van der Waals surface area contributed by atoms with Crippen LogP contribution in [0.1, 0.15) is 11.1 Å². The summed E-state index contributed by atoms with van der Waals surface area (Å²) in [5.74, 6) is -0.229. The van der Waals surface area contributed by atoms with Crippen LogP contribution >= 0.6 is 0 Å². The maximum Gasteiger partial charge on any atom is 0.573 e. The molecule has 0 radical (unpaired) electrons. The lowest BCUT2D eigenvalue weighted by Crippen LogP contribution is -2.39. The molecule has 0 amide bonds.